The van der Waals surface area contributed by atoms with Crippen molar-refractivity contribution in [2.75, 3.05) is 0 Å². The van der Waals surface area contributed by atoms with E-state index in [0.717, 1.165) is 23.0 Å². The van der Waals surface area contributed by atoms with Gasteiger partial charge < -0.3 is 4.74 Å². The Bertz CT molecular complexity index is 2670. The lowest BCUT2D eigenvalue weighted by molar-refractivity contribution is -0.993. The zero-order valence-corrected chi connectivity index (χ0v) is 27.0. The monoisotopic (exact) mass is 620 g/mol. The van der Waals surface area contributed by atoms with E-state index < -0.39 is 5.66 Å². The van der Waals surface area contributed by atoms with Crippen molar-refractivity contribution in [1.29, 1.82) is 0 Å². The Kier molecular flexibility index (Phi) is 4.74. The number of pyridine rings is 1. The lowest BCUT2D eigenvalue weighted by Gasteiger charge is -2.33. The van der Waals surface area contributed by atoms with Crippen molar-refractivity contribution in [2.45, 2.75) is 31.8 Å². The van der Waals surface area contributed by atoms with Crippen molar-refractivity contribution in [3.63, 3.8) is 0 Å². The maximum absolute atomic E-state index is 6.84. The number of rotatable bonds is 2. The van der Waals surface area contributed by atoms with Crippen LogP contribution < -0.4 is 14.0 Å². The molecule has 0 radical (unpaired) electrons. The van der Waals surface area contributed by atoms with Gasteiger partial charge in [0.15, 0.2) is 11.1 Å². The third-order valence-electron chi connectivity index (χ3n) is 10.8. The maximum Gasteiger partial charge on any atom is 0.397 e. The second kappa shape index (κ2) is 8.69. The second-order valence-corrected chi connectivity index (χ2v) is 14.4. The molecule has 0 saturated carbocycles. The molecular weight excluding hydrogens is 589 g/mol. The van der Waals surface area contributed by atoms with Crippen LogP contribution in [-0.2, 0) is 11.1 Å². The average molecular weight is 621 g/mol. The number of benzene rings is 5. The molecule has 5 nitrogen and oxygen atoms in total. The van der Waals surface area contributed by atoms with Gasteiger partial charge in [-0.3, -0.25) is 0 Å². The molecule has 3 aromatic heterocycles. The van der Waals surface area contributed by atoms with Crippen LogP contribution in [0, 0.1) is 0 Å². The molecule has 5 aromatic carbocycles. The molecule has 0 fully saturated rings. The summed E-state index contributed by atoms with van der Waals surface area (Å²) in [6.07, 6.45) is 6.93. The first-order valence-corrected chi connectivity index (χ1v) is 16.7. The molecule has 3 aliphatic rings. The first kappa shape index (κ1) is 26.2. The summed E-state index contributed by atoms with van der Waals surface area (Å²) in [6, 6.07) is 43.9. The van der Waals surface area contributed by atoms with E-state index in [1.807, 2.05) is 0 Å². The van der Waals surface area contributed by atoms with E-state index in [0.29, 0.717) is 0 Å². The van der Waals surface area contributed by atoms with Gasteiger partial charge >= 0.3 is 5.66 Å². The fraction of sp³-hybridized carbons (Fsp3) is 0.116. The highest BCUT2D eigenvalue weighted by molar-refractivity contribution is 6.11. The molecule has 1 atom stereocenters. The normalized spacial score (nSPS) is 16.5. The zero-order chi connectivity index (χ0) is 31.9. The maximum atomic E-state index is 6.84. The van der Waals surface area contributed by atoms with Gasteiger partial charge in [-0.15, -0.1) is 4.68 Å². The van der Waals surface area contributed by atoms with Crippen molar-refractivity contribution in [3.8, 4) is 45.3 Å². The smallest absolute Gasteiger partial charge is 0.397 e. The van der Waals surface area contributed by atoms with Crippen molar-refractivity contribution < 1.29 is 14.0 Å². The molecule has 6 heterocycles. The van der Waals surface area contributed by atoms with Gasteiger partial charge in [-0.05, 0) is 70.1 Å². The number of aromatic nitrogens is 4. The SMILES string of the molecule is CC(C)(C)c1cc[n+]2c(c1)-n1c3ccccc3c3ccc4c(c31)C21c2c(cccc2-n2cc(-c3ccc(-c5ccccc5)cc3)c[n+]21)O4. The molecule has 1 unspecified atom stereocenters. The summed E-state index contributed by atoms with van der Waals surface area (Å²) >= 11 is 0. The molecule has 3 aliphatic heterocycles. The van der Waals surface area contributed by atoms with Gasteiger partial charge in [-0.2, -0.15) is 9.13 Å². The Labute approximate surface area is 278 Å². The third kappa shape index (κ3) is 3.07. The van der Waals surface area contributed by atoms with Crippen LogP contribution in [0.1, 0.15) is 37.5 Å². The molecule has 0 saturated heterocycles. The Balaban J connectivity index is 1.25. The van der Waals surface area contributed by atoms with E-state index in [9.17, 15) is 0 Å². The van der Waals surface area contributed by atoms with Crippen LogP contribution in [0.15, 0.2) is 140 Å². The van der Waals surface area contributed by atoms with Gasteiger partial charge in [0, 0.05) is 16.8 Å². The highest BCUT2D eigenvalue weighted by Gasteiger charge is 2.68. The standard InChI is InChI=1S/C43H32N4O/c1-42(2,3)31-22-23-44-38(24-31)47-34-13-8-7-12-32(34)33-20-21-37-40(41(33)47)43(44)39-35(14-9-15-36(39)48-37)45-25-30(26-46(43)45)29-18-16-28(17-19-29)27-10-5-4-6-11-27/h4-26H,1-3H3/q+2. The number of nitrogens with zero attached hydrogens (tertiary/aromatic N) is 4. The minimum Gasteiger partial charge on any atom is -0.456 e. The molecule has 0 bridgehead atoms. The fourth-order valence-electron chi connectivity index (χ4n) is 8.56. The first-order chi connectivity index (χ1) is 23.4. The van der Waals surface area contributed by atoms with Gasteiger partial charge in [0.05, 0.1) is 18.0 Å². The molecule has 8 aromatic rings. The molecular formula is C43H32N4O+2. The Morgan fingerprint density at radius 2 is 1.38 bits per heavy atom. The summed E-state index contributed by atoms with van der Waals surface area (Å²) in [7, 11) is 0. The average Bonchev–Trinajstić information content (AvgIpc) is 3.78. The topological polar surface area (TPSA) is 26.8 Å². The number of hydrogen-bond acceptors (Lipinski definition) is 1. The molecule has 1 spiro atoms. The van der Waals surface area contributed by atoms with E-state index >= 15 is 0 Å². The van der Waals surface area contributed by atoms with E-state index in [4.69, 9.17) is 4.74 Å². The van der Waals surface area contributed by atoms with Gasteiger partial charge in [0.1, 0.15) is 28.3 Å². The second-order valence-electron chi connectivity index (χ2n) is 14.4. The summed E-state index contributed by atoms with van der Waals surface area (Å²) < 4.78 is 16.6. The summed E-state index contributed by atoms with van der Waals surface area (Å²) in [6.45, 7) is 6.88. The predicted octanol–water partition coefficient (Wildman–Crippen LogP) is 8.81. The van der Waals surface area contributed by atoms with E-state index in [2.05, 4.69) is 179 Å². The van der Waals surface area contributed by atoms with Gasteiger partial charge in [0.25, 0.3) is 5.82 Å². The van der Waals surface area contributed by atoms with Crippen LogP contribution in [0.4, 0.5) is 0 Å². The summed E-state index contributed by atoms with van der Waals surface area (Å²) in [5, 5.41) is 2.49. The molecule has 0 amide bonds. The Hall–Kier alpha value is -5.94. The van der Waals surface area contributed by atoms with Gasteiger partial charge in [-0.25, -0.2) is 0 Å². The first-order valence-electron chi connectivity index (χ1n) is 16.7. The highest BCUT2D eigenvalue weighted by Crippen LogP contribution is 2.55. The summed E-state index contributed by atoms with van der Waals surface area (Å²) in [5.74, 6) is 2.94. The number of hydrogen-bond donors (Lipinski definition) is 0. The molecule has 11 rings (SSSR count). The van der Waals surface area contributed by atoms with E-state index in [-0.39, 0.29) is 5.41 Å². The fourth-order valence-corrected chi connectivity index (χ4v) is 8.56. The van der Waals surface area contributed by atoms with Gasteiger partial charge in [-0.1, -0.05) is 98.2 Å². The molecule has 0 N–H and O–H groups in total. The van der Waals surface area contributed by atoms with Crippen LogP contribution in [0.2, 0.25) is 0 Å². The lowest BCUT2D eigenvalue weighted by atomic mass is 9.83. The Morgan fingerprint density at radius 1 is 0.646 bits per heavy atom. The van der Waals surface area contributed by atoms with Crippen molar-refractivity contribution in [1.82, 2.24) is 9.25 Å². The van der Waals surface area contributed by atoms with Crippen molar-refractivity contribution in [2.24, 2.45) is 0 Å². The number of ether oxygens (including phenoxy) is 1. The van der Waals surface area contributed by atoms with Crippen molar-refractivity contribution >= 4 is 21.8 Å². The summed E-state index contributed by atoms with van der Waals surface area (Å²) in [5.41, 5.74) is 11.3. The molecule has 48 heavy (non-hydrogen) atoms. The lowest BCUT2D eigenvalue weighted by Crippen LogP contribution is -2.76. The largest absolute Gasteiger partial charge is 0.456 e. The van der Waals surface area contributed by atoms with Crippen LogP contribution in [0.5, 0.6) is 11.5 Å². The van der Waals surface area contributed by atoms with E-state index in [1.165, 1.54) is 60.8 Å². The number of para-hydroxylation sites is 1. The third-order valence-corrected chi connectivity index (χ3v) is 10.8. The van der Waals surface area contributed by atoms with Crippen LogP contribution in [0.25, 0.3) is 55.6 Å². The molecule has 5 heteroatoms. The van der Waals surface area contributed by atoms with Crippen LogP contribution >= 0.6 is 0 Å². The highest BCUT2D eigenvalue weighted by atomic mass is 16.5. The van der Waals surface area contributed by atoms with Crippen LogP contribution in [-0.4, -0.2) is 9.25 Å². The van der Waals surface area contributed by atoms with Crippen molar-refractivity contribution in [3.05, 3.63) is 157 Å². The summed E-state index contributed by atoms with van der Waals surface area (Å²) in [4.78, 5) is 0. The van der Waals surface area contributed by atoms with E-state index in [1.54, 1.807) is 0 Å². The molecule has 228 valence electrons. The molecule has 0 aliphatic carbocycles. The zero-order valence-electron chi connectivity index (χ0n) is 27.0. The predicted molar refractivity (Wildman–Crippen MR) is 188 cm³/mol. The quantitative estimate of drug-likeness (QED) is 0.178. The van der Waals surface area contributed by atoms with Crippen LogP contribution in [0.3, 0.4) is 0 Å². The minimum atomic E-state index is -0.697. The minimum absolute atomic E-state index is 0.0156. The van der Waals surface area contributed by atoms with Gasteiger partial charge in [0.2, 0.25) is 6.20 Å². The Morgan fingerprint density at radius 3 is 2.19 bits per heavy atom. The number of fused-ring (bicyclic) bond motifs is 7.